The minimum atomic E-state index is 0.539. The van der Waals surface area contributed by atoms with Crippen molar-refractivity contribution in [2.24, 2.45) is 0 Å². The minimum Gasteiger partial charge on any atom is -0.254 e. The van der Waals surface area contributed by atoms with Gasteiger partial charge in [0.2, 0.25) is 0 Å². The molecule has 0 saturated heterocycles. The highest BCUT2D eigenvalue weighted by molar-refractivity contribution is 6.23. The standard InChI is InChI=1S/C35H19N5/c1-2-7-23-20(5-1)12-14-25-26-15-16-27(24-8-3-9-28(30(23)25)31(24)26)34-37-19-38-35(40-34)29-17-13-22-11-10-21-6-4-18-36-32(21)33(22)39-29/h1-19H. The Morgan fingerprint density at radius 1 is 0.425 bits per heavy atom. The van der Waals surface area contributed by atoms with Gasteiger partial charge in [-0.25, -0.2) is 19.9 Å². The van der Waals surface area contributed by atoms with Crippen molar-refractivity contribution >= 4 is 43.4 Å². The molecule has 0 amide bonds. The van der Waals surface area contributed by atoms with E-state index in [9.17, 15) is 0 Å². The summed E-state index contributed by atoms with van der Waals surface area (Å²) in [4.78, 5) is 23.6. The number of hydrogen-bond acceptors (Lipinski definition) is 5. The van der Waals surface area contributed by atoms with E-state index in [-0.39, 0.29) is 0 Å². The highest BCUT2D eigenvalue weighted by atomic mass is 15.0. The van der Waals surface area contributed by atoms with Crippen molar-refractivity contribution < 1.29 is 0 Å². The Bertz CT molecular complexity index is 2340. The first-order chi connectivity index (χ1) is 19.8. The number of nitrogens with zero attached hydrogens (tertiary/aromatic N) is 5. The van der Waals surface area contributed by atoms with Crippen LogP contribution >= 0.6 is 0 Å². The average molecular weight is 510 g/mol. The van der Waals surface area contributed by atoms with Crippen LogP contribution in [0, 0.1) is 0 Å². The van der Waals surface area contributed by atoms with Gasteiger partial charge in [-0.05, 0) is 62.0 Å². The number of benzene rings is 5. The molecule has 0 radical (unpaired) electrons. The van der Waals surface area contributed by atoms with Gasteiger partial charge in [0.15, 0.2) is 11.6 Å². The molecule has 5 aromatic carbocycles. The van der Waals surface area contributed by atoms with Crippen LogP contribution in [0.4, 0.5) is 0 Å². The summed E-state index contributed by atoms with van der Waals surface area (Å²) in [6, 6.07) is 36.1. The molecule has 40 heavy (non-hydrogen) atoms. The summed E-state index contributed by atoms with van der Waals surface area (Å²) < 4.78 is 0. The molecule has 1 aliphatic carbocycles. The maximum atomic E-state index is 4.95. The quantitative estimate of drug-likeness (QED) is 0.220. The largest absolute Gasteiger partial charge is 0.254 e. The normalized spacial score (nSPS) is 12.0. The van der Waals surface area contributed by atoms with Crippen LogP contribution < -0.4 is 0 Å². The number of fused-ring (bicyclic) bond motifs is 8. The highest BCUT2D eigenvalue weighted by Gasteiger charge is 2.25. The molecule has 0 aliphatic heterocycles. The van der Waals surface area contributed by atoms with Crippen molar-refractivity contribution in [3.8, 4) is 45.2 Å². The Kier molecular flexibility index (Phi) is 4.27. The molecule has 1 aliphatic rings. The highest BCUT2D eigenvalue weighted by Crippen LogP contribution is 2.51. The Morgan fingerprint density at radius 3 is 2.15 bits per heavy atom. The molecule has 9 rings (SSSR count). The third-order valence-corrected chi connectivity index (χ3v) is 8.00. The second-order valence-corrected chi connectivity index (χ2v) is 10.1. The predicted octanol–water partition coefficient (Wildman–Crippen LogP) is 8.26. The zero-order valence-corrected chi connectivity index (χ0v) is 21.2. The molecule has 0 unspecified atom stereocenters. The molecular formula is C35H19N5. The Labute approximate surface area is 228 Å². The fraction of sp³-hybridized carbons (Fsp3) is 0. The van der Waals surface area contributed by atoms with Gasteiger partial charge in [-0.15, -0.1) is 0 Å². The van der Waals surface area contributed by atoms with E-state index in [4.69, 9.17) is 9.97 Å². The van der Waals surface area contributed by atoms with Gasteiger partial charge in [-0.3, -0.25) is 4.98 Å². The average Bonchev–Trinajstić information content (AvgIpc) is 3.36. The van der Waals surface area contributed by atoms with Gasteiger partial charge >= 0.3 is 0 Å². The Balaban J connectivity index is 1.23. The first kappa shape index (κ1) is 21.4. The smallest absolute Gasteiger partial charge is 0.181 e. The van der Waals surface area contributed by atoms with Crippen molar-refractivity contribution in [3.63, 3.8) is 0 Å². The molecule has 5 nitrogen and oxygen atoms in total. The van der Waals surface area contributed by atoms with Crippen molar-refractivity contribution in [1.29, 1.82) is 0 Å². The lowest BCUT2D eigenvalue weighted by Gasteiger charge is -2.09. The van der Waals surface area contributed by atoms with Crippen LogP contribution in [0.15, 0.2) is 116 Å². The van der Waals surface area contributed by atoms with E-state index in [1.54, 1.807) is 12.5 Å². The number of aromatic nitrogens is 5. The summed E-state index contributed by atoms with van der Waals surface area (Å²) >= 11 is 0. The summed E-state index contributed by atoms with van der Waals surface area (Å²) in [5, 5.41) is 6.99. The Morgan fingerprint density at radius 2 is 1.18 bits per heavy atom. The SMILES string of the molecule is c1ccc2c3c(ccc2c1)-c1ccc(-c2ncnc(-c4ccc5ccc6cccnc6c5n4)n2)c2cccc-3c12. The van der Waals surface area contributed by atoms with Gasteiger partial charge in [-0.1, -0.05) is 84.9 Å². The van der Waals surface area contributed by atoms with E-state index in [0.29, 0.717) is 17.3 Å². The van der Waals surface area contributed by atoms with E-state index in [1.807, 2.05) is 18.2 Å². The molecule has 3 heterocycles. The van der Waals surface area contributed by atoms with Gasteiger partial charge in [-0.2, -0.15) is 0 Å². The predicted molar refractivity (Wildman–Crippen MR) is 161 cm³/mol. The van der Waals surface area contributed by atoms with Gasteiger partial charge < -0.3 is 0 Å². The van der Waals surface area contributed by atoms with E-state index in [0.717, 1.165) is 32.8 Å². The zero-order valence-electron chi connectivity index (χ0n) is 21.2. The fourth-order valence-electron chi connectivity index (χ4n) is 6.22. The summed E-state index contributed by atoms with van der Waals surface area (Å²) in [5.41, 5.74) is 8.46. The van der Waals surface area contributed by atoms with Gasteiger partial charge in [0.05, 0.1) is 11.0 Å². The first-order valence-corrected chi connectivity index (χ1v) is 13.3. The summed E-state index contributed by atoms with van der Waals surface area (Å²) in [6.45, 7) is 0. The number of pyridine rings is 2. The van der Waals surface area contributed by atoms with Crippen LogP contribution in [-0.2, 0) is 0 Å². The molecule has 0 spiro atoms. The lowest BCUT2D eigenvalue weighted by Crippen LogP contribution is -1.98. The summed E-state index contributed by atoms with van der Waals surface area (Å²) in [6.07, 6.45) is 3.38. The topological polar surface area (TPSA) is 64.5 Å². The third kappa shape index (κ3) is 2.94. The van der Waals surface area contributed by atoms with Crippen LogP contribution in [-0.4, -0.2) is 24.9 Å². The van der Waals surface area contributed by atoms with Crippen LogP contribution in [0.1, 0.15) is 0 Å². The molecule has 184 valence electrons. The van der Waals surface area contributed by atoms with Crippen molar-refractivity contribution in [2.45, 2.75) is 0 Å². The molecule has 0 N–H and O–H groups in total. The fourth-order valence-corrected chi connectivity index (χ4v) is 6.22. The van der Waals surface area contributed by atoms with Crippen LogP contribution in [0.25, 0.3) is 88.5 Å². The molecule has 0 saturated carbocycles. The van der Waals surface area contributed by atoms with Crippen LogP contribution in [0.2, 0.25) is 0 Å². The summed E-state index contributed by atoms with van der Waals surface area (Å²) in [5.74, 6) is 1.17. The zero-order chi connectivity index (χ0) is 26.2. The van der Waals surface area contributed by atoms with E-state index < -0.39 is 0 Å². The molecule has 0 bridgehead atoms. The van der Waals surface area contributed by atoms with E-state index >= 15 is 0 Å². The lowest BCUT2D eigenvalue weighted by atomic mass is 9.97. The number of hydrogen-bond donors (Lipinski definition) is 0. The van der Waals surface area contributed by atoms with Crippen molar-refractivity contribution in [1.82, 2.24) is 24.9 Å². The maximum absolute atomic E-state index is 4.95. The summed E-state index contributed by atoms with van der Waals surface area (Å²) in [7, 11) is 0. The van der Waals surface area contributed by atoms with Gasteiger partial charge in [0, 0.05) is 22.5 Å². The Hall–Kier alpha value is -5.55. The minimum absolute atomic E-state index is 0.539. The lowest BCUT2D eigenvalue weighted by molar-refractivity contribution is 1.06. The van der Waals surface area contributed by atoms with Crippen LogP contribution in [0.5, 0.6) is 0 Å². The molecular weight excluding hydrogens is 490 g/mol. The first-order valence-electron chi connectivity index (χ1n) is 13.3. The van der Waals surface area contributed by atoms with Gasteiger partial charge in [0.1, 0.15) is 12.0 Å². The molecule has 0 fully saturated rings. The molecule has 3 aromatic heterocycles. The maximum Gasteiger partial charge on any atom is 0.181 e. The molecule has 5 heteroatoms. The molecule has 0 atom stereocenters. The second-order valence-electron chi connectivity index (χ2n) is 10.1. The monoisotopic (exact) mass is 509 g/mol. The van der Waals surface area contributed by atoms with Crippen LogP contribution in [0.3, 0.4) is 0 Å². The van der Waals surface area contributed by atoms with Gasteiger partial charge in [0.25, 0.3) is 0 Å². The molecule has 8 aromatic rings. The van der Waals surface area contributed by atoms with E-state index in [1.165, 1.54) is 38.4 Å². The van der Waals surface area contributed by atoms with Crippen molar-refractivity contribution in [3.05, 3.63) is 116 Å². The van der Waals surface area contributed by atoms with E-state index in [2.05, 4.69) is 99.9 Å². The number of rotatable bonds is 2. The second kappa shape index (κ2) is 7.98. The third-order valence-electron chi connectivity index (χ3n) is 8.00. The van der Waals surface area contributed by atoms with Crippen molar-refractivity contribution in [2.75, 3.05) is 0 Å².